The first kappa shape index (κ1) is 13.3. The molecule has 1 atom stereocenters. The van der Waals surface area contributed by atoms with E-state index >= 15 is 0 Å². The van der Waals surface area contributed by atoms with Crippen LogP contribution in [0.15, 0.2) is 73.3 Å². The molecule has 3 heteroatoms. The Kier molecular flexibility index (Phi) is 3.92. The van der Waals surface area contributed by atoms with Gasteiger partial charge in [0.1, 0.15) is 6.33 Å². The number of benzene rings is 2. The second kappa shape index (κ2) is 6.18. The summed E-state index contributed by atoms with van der Waals surface area (Å²) in [5.74, 6) is 0. The highest BCUT2D eigenvalue weighted by Crippen LogP contribution is 2.23. The molecule has 0 saturated carbocycles. The van der Waals surface area contributed by atoms with E-state index in [1.807, 2.05) is 6.07 Å². The zero-order valence-electron chi connectivity index (χ0n) is 11.9. The van der Waals surface area contributed by atoms with Crippen molar-refractivity contribution in [2.75, 3.05) is 5.32 Å². The molecule has 0 spiro atoms. The highest BCUT2D eigenvalue weighted by atomic mass is 15.0. The van der Waals surface area contributed by atoms with Crippen molar-refractivity contribution in [3.05, 3.63) is 78.9 Å². The van der Waals surface area contributed by atoms with Gasteiger partial charge in [-0.3, -0.25) is 0 Å². The molecule has 0 amide bonds. The number of nitrogens with one attached hydrogen (secondary N) is 1. The van der Waals surface area contributed by atoms with Gasteiger partial charge >= 0.3 is 0 Å². The Morgan fingerprint density at radius 3 is 2.10 bits per heavy atom. The summed E-state index contributed by atoms with van der Waals surface area (Å²) in [6, 6.07) is 19.2. The average Bonchev–Trinajstić information content (AvgIpc) is 2.57. The first-order valence-electron chi connectivity index (χ1n) is 7.00. The number of anilines is 1. The van der Waals surface area contributed by atoms with Crippen LogP contribution in [0.2, 0.25) is 0 Å². The third kappa shape index (κ3) is 3.26. The molecule has 1 aromatic heterocycles. The van der Waals surface area contributed by atoms with Gasteiger partial charge < -0.3 is 5.32 Å². The van der Waals surface area contributed by atoms with Gasteiger partial charge in [0.05, 0.1) is 18.1 Å². The third-order valence-corrected chi connectivity index (χ3v) is 3.46. The van der Waals surface area contributed by atoms with E-state index in [2.05, 4.69) is 70.7 Å². The highest BCUT2D eigenvalue weighted by molar-refractivity contribution is 5.63. The second-order valence-corrected chi connectivity index (χ2v) is 4.98. The van der Waals surface area contributed by atoms with E-state index in [1.165, 1.54) is 23.0 Å². The van der Waals surface area contributed by atoms with E-state index in [4.69, 9.17) is 0 Å². The minimum atomic E-state index is 0.209. The van der Waals surface area contributed by atoms with Crippen LogP contribution < -0.4 is 5.32 Å². The van der Waals surface area contributed by atoms with Crippen LogP contribution in [0.25, 0.3) is 11.1 Å². The van der Waals surface area contributed by atoms with E-state index in [0.717, 1.165) is 5.69 Å². The molecule has 0 bridgehead atoms. The Labute approximate surface area is 124 Å². The lowest BCUT2D eigenvalue weighted by molar-refractivity contribution is 0.880. The topological polar surface area (TPSA) is 37.8 Å². The minimum absolute atomic E-state index is 0.209. The van der Waals surface area contributed by atoms with Crippen LogP contribution in [0, 0.1) is 0 Å². The van der Waals surface area contributed by atoms with Gasteiger partial charge in [0.25, 0.3) is 0 Å². The fraction of sp³-hybridized carbons (Fsp3) is 0.111. The zero-order valence-corrected chi connectivity index (χ0v) is 11.9. The predicted molar refractivity (Wildman–Crippen MR) is 85.9 cm³/mol. The molecule has 2 aromatic carbocycles. The summed E-state index contributed by atoms with van der Waals surface area (Å²) in [6.45, 7) is 2.13. The smallest absolute Gasteiger partial charge is 0.115 e. The van der Waals surface area contributed by atoms with Gasteiger partial charge in [-0.25, -0.2) is 9.97 Å². The molecule has 0 fully saturated rings. The molecular weight excluding hydrogens is 258 g/mol. The van der Waals surface area contributed by atoms with Crippen LogP contribution in [0.5, 0.6) is 0 Å². The van der Waals surface area contributed by atoms with Crippen molar-refractivity contribution in [1.29, 1.82) is 0 Å². The summed E-state index contributed by atoms with van der Waals surface area (Å²) in [6.07, 6.45) is 5.09. The highest BCUT2D eigenvalue weighted by Gasteiger charge is 2.06. The summed E-state index contributed by atoms with van der Waals surface area (Å²) in [5, 5.41) is 3.39. The monoisotopic (exact) mass is 275 g/mol. The Balaban J connectivity index is 1.75. The fourth-order valence-corrected chi connectivity index (χ4v) is 2.30. The van der Waals surface area contributed by atoms with Gasteiger partial charge in [0, 0.05) is 6.04 Å². The summed E-state index contributed by atoms with van der Waals surface area (Å²) >= 11 is 0. The molecule has 3 nitrogen and oxygen atoms in total. The molecule has 104 valence electrons. The summed E-state index contributed by atoms with van der Waals surface area (Å²) in [5.41, 5.74) is 4.63. The van der Waals surface area contributed by atoms with Crippen molar-refractivity contribution in [1.82, 2.24) is 9.97 Å². The summed E-state index contributed by atoms with van der Waals surface area (Å²) in [4.78, 5) is 8.02. The van der Waals surface area contributed by atoms with Gasteiger partial charge in [0.2, 0.25) is 0 Å². The maximum absolute atomic E-state index is 4.01. The predicted octanol–water partition coefficient (Wildman–Crippen LogP) is 4.32. The number of rotatable bonds is 4. The van der Waals surface area contributed by atoms with Gasteiger partial charge in [-0.05, 0) is 23.6 Å². The number of aromatic nitrogens is 2. The van der Waals surface area contributed by atoms with Gasteiger partial charge in [-0.2, -0.15) is 0 Å². The van der Waals surface area contributed by atoms with E-state index in [-0.39, 0.29) is 6.04 Å². The van der Waals surface area contributed by atoms with E-state index in [9.17, 15) is 0 Å². The van der Waals surface area contributed by atoms with Crippen molar-refractivity contribution in [3.8, 4) is 11.1 Å². The Bertz CT molecular complexity index is 679. The van der Waals surface area contributed by atoms with Gasteiger partial charge in [-0.15, -0.1) is 0 Å². The van der Waals surface area contributed by atoms with E-state index < -0.39 is 0 Å². The lowest BCUT2D eigenvalue weighted by Gasteiger charge is -2.15. The van der Waals surface area contributed by atoms with Crippen LogP contribution in [0.3, 0.4) is 0 Å². The SMILES string of the molecule is CC(Nc1cncnc1)c1ccc(-c2ccccc2)cc1. The molecule has 0 saturated heterocycles. The van der Waals surface area contributed by atoms with E-state index in [1.54, 1.807) is 12.4 Å². The van der Waals surface area contributed by atoms with Crippen molar-refractivity contribution in [3.63, 3.8) is 0 Å². The van der Waals surface area contributed by atoms with Crippen molar-refractivity contribution >= 4 is 5.69 Å². The molecular formula is C18H17N3. The zero-order chi connectivity index (χ0) is 14.5. The maximum Gasteiger partial charge on any atom is 0.115 e. The number of hydrogen-bond acceptors (Lipinski definition) is 3. The van der Waals surface area contributed by atoms with Crippen LogP contribution in [-0.4, -0.2) is 9.97 Å². The number of nitrogens with zero attached hydrogens (tertiary/aromatic N) is 2. The van der Waals surface area contributed by atoms with Crippen molar-refractivity contribution < 1.29 is 0 Å². The Morgan fingerprint density at radius 2 is 1.43 bits per heavy atom. The standard InChI is InChI=1S/C18H17N3/c1-14(21-18-11-19-13-20-12-18)15-7-9-17(10-8-15)16-5-3-2-4-6-16/h2-14,21H,1H3. The van der Waals surface area contributed by atoms with Crippen molar-refractivity contribution in [2.24, 2.45) is 0 Å². The second-order valence-electron chi connectivity index (χ2n) is 4.98. The molecule has 3 rings (SSSR count). The quantitative estimate of drug-likeness (QED) is 0.770. The minimum Gasteiger partial charge on any atom is -0.376 e. The first-order valence-corrected chi connectivity index (χ1v) is 7.00. The molecule has 0 aliphatic rings. The molecule has 1 N–H and O–H groups in total. The molecule has 0 aliphatic heterocycles. The van der Waals surface area contributed by atoms with Gasteiger partial charge in [0.15, 0.2) is 0 Å². The number of hydrogen-bond donors (Lipinski definition) is 1. The largest absolute Gasteiger partial charge is 0.376 e. The Morgan fingerprint density at radius 1 is 0.810 bits per heavy atom. The van der Waals surface area contributed by atoms with Crippen LogP contribution in [0.4, 0.5) is 5.69 Å². The lowest BCUT2D eigenvalue weighted by atomic mass is 10.0. The van der Waals surface area contributed by atoms with E-state index in [0.29, 0.717) is 0 Å². The molecule has 0 radical (unpaired) electrons. The van der Waals surface area contributed by atoms with Gasteiger partial charge in [-0.1, -0.05) is 54.6 Å². The van der Waals surface area contributed by atoms with Crippen LogP contribution in [-0.2, 0) is 0 Å². The Hall–Kier alpha value is -2.68. The lowest BCUT2D eigenvalue weighted by Crippen LogP contribution is -2.06. The maximum atomic E-state index is 4.01. The molecule has 1 unspecified atom stereocenters. The fourth-order valence-electron chi connectivity index (χ4n) is 2.30. The average molecular weight is 275 g/mol. The molecule has 21 heavy (non-hydrogen) atoms. The summed E-state index contributed by atoms with van der Waals surface area (Å²) in [7, 11) is 0. The van der Waals surface area contributed by atoms with Crippen molar-refractivity contribution in [2.45, 2.75) is 13.0 Å². The first-order chi connectivity index (χ1) is 10.3. The molecule has 3 aromatic rings. The van der Waals surface area contributed by atoms with Crippen LogP contribution in [0.1, 0.15) is 18.5 Å². The molecule has 0 aliphatic carbocycles. The van der Waals surface area contributed by atoms with Crippen LogP contribution >= 0.6 is 0 Å². The normalized spacial score (nSPS) is 11.9. The molecule has 1 heterocycles. The summed E-state index contributed by atoms with van der Waals surface area (Å²) < 4.78 is 0. The third-order valence-electron chi connectivity index (χ3n) is 3.46.